The van der Waals surface area contributed by atoms with Crippen LogP contribution in [-0.2, 0) is 4.74 Å². The van der Waals surface area contributed by atoms with Crippen LogP contribution in [0.25, 0.3) is 0 Å². The number of halogens is 1. The second-order valence-electron chi connectivity index (χ2n) is 10.00. The minimum atomic E-state index is -0.790. The van der Waals surface area contributed by atoms with Crippen LogP contribution in [0.15, 0.2) is 22.8 Å². The average Bonchev–Trinajstić information content (AvgIpc) is 3.26. The topological polar surface area (TPSA) is 53.0 Å². The summed E-state index contributed by atoms with van der Waals surface area (Å²) in [5.74, 6) is 1.12. The molecule has 0 bridgehead atoms. The van der Waals surface area contributed by atoms with Crippen LogP contribution < -0.4 is 0 Å². The number of hydrogen-bond acceptors (Lipinski definition) is 3. The van der Waals surface area contributed by atoms with Gasteiger partial charge in [-0.05, 0) is 55.9 Å². The Morgan fingerprint density at radius 3 is 2.81 bits per heavy atom. The maximum Gasteiger partial charge on any atom is 0.110 e. The molecule has 0 amide bonds. The van der Waals surface area contributed by atoms with Gasteiger partial charge in [0.1, 0.15) is 5.60 Å². The lowest BCUT2D eigenvalue weighted by Crippen LogP contribution is -2.60. The quantitative estimate of drug-likeness (QED) is 0.560. The Kier molecular flexibility index (Phi) is 3.52. The molecule has 5 rings (SSSR count). The molecule has 0 aromatic heterocycles. The van der Waals surface area contributed by atoms with Crippen molar-refractivity contribution in [2.75, 3.05) is 6.61 Å². The molecule has 0 radical (unpaired) electrons. The molecule has 1 saturated heterocycles. The smallest absolute Gasteiger partial charge is 0.110 e. The van der Waals surface area contributed by atoms with Gasteiger partial charge in [-0.1, -0.05) is 37.6 Å². The predicted molar refractivity (Wildman–Crippen MR) is 102 cm³/mol. The number of aliphatic hydroxyl groups is 2. The van der Waals surface area contributed by atoms with Crippen molar-refractivity contribution in [3.8, 4) is 0 Å². The number of allylic oxidation sites excluding steroid dienone is 2. The summed E-state index contributed by atoms with van der Waals surface area (Å²) in [6, 6.07) is 0. The predicted octanol–water partition coefficient (Wildman–Crippen LogP) is 4.17. The van der Waals surface area contributed by atoms with E-state index in [1.54, 1.807) is 0 Å². The van der Waals surface area contributed by atoms with Crippen LogP contribution in [0.2, 0.25) is 0 Å². The van der Waals surface area contributed by atoms with Crippen molar-refractivity contribution in [1.29, 1.82) is 0 Å². The van der Waals surface area contributed by atoms with E-state index in [-0.39, 0.29) is 35.1 Å². The van der Waals surface area contributed by atoms with Crippen molar-refractivity contribution in [3.05, 3.63) is 22.8 Å². The number of epoxide rings is 1. The summed E-state index contributed by atoms with van der Waals surface area (Å²) in [7, 11) is 0. The third kappa shape index (κ3) is 1.73. The zero-order valence-corrected chi connectivity index (χ0v) is 16.9. The van der Waals surface area contributed by atoms with Gasteiger partial charge in [0.05, 0.1) is 11.7 Å². The Bertz CT molecular complexity index is 716. The van der Waals surface area contributed by atoms with E-state index in [9.17, 15) is 10.2 Å². The van der Waals surface area contributed by atoms with Gasteiger partial charge in [0.15, 0.2) is 0 Å². The first kappa shape index (κ1) is 17.7. The lowest BCUT2D eigenvalue weighted by atomic mass is 9.47. The van der Waals surface area contributed by atoms with Crippen LogP contribution in [0.1, 0.15) is 59.3 Å². The second-order valence-corrected chi connectivity index (χ2v) is 10.5. The Balaban J connectivity index is 1.59. The molecule has 8 atom stereocenters. The van der Waals surface area contributed by atoms with Crippen LogP contribution in [-0.4, -0.2) is 34.1 Å². The lowest BCUT2D eigenvalue weighted by molar-refractivity contribution is -0.130. The summed E-state index contributed by atoms with van der Waals surface area (Å²) in [6.45, 7) is 6.81. The van der Waals surface area contributed by atoms with E-state index in [1.807, 2.05) is 0 Å². The Hall–Kier alpha value is -0.350. The molecule has 0 aromatic carbocycles. The number of fused-ring (bicyclic) bond motifs is 3. The highest BCUT2D eigenvalue weighted by atomic mass is 35.5. The second kappa shape index (κ2) is 5.17. The molecule has 1 unspecified atom stereocenters. The molecule has 5 aliphatic rings. The minimum Gasteiger partial charge on any atom is -0.396 e. The lowest BCUT2D eigenvalue weighted by Gasteiger charge is -2.56. The first-order valence-electron chi connectivity index (χ1n) is 10.3. The fourth-order valence-electron chi connectivity index (χ4n) is 7.99. The zero-order chi connectivity index (χ0) is 18.5. The third-order valence-electron chi connectivity index (χ3n) is 9.35. The SMILES string of the molecule is C[C@H]1C[C@H]2[C@@H]3CCC4=C(Cl)CC=C[C@]4(C)[C@]34OC4C[C@]2(C)[C@@]1(O)CCO. The molecule has 2 N–H and O–H groups in total. The van der Waals surface area contributed by atoms with Crippen molar-refractivity contribution in [1.82, 2.24) is 0 Å². The Labute approximate surface area is 161 Å². The van der Waals surface area contributed by atoms with E-state index in [0.29, 0.717) is 18.3 Å². The van der Waals surface area contributed by atoms with Crippen LogP contribution in [0.3, 0.4) is 0 Å². The van der Waals surface area contributed by atoms with E-state index >= 15 is 0 Å². The van der Waals surface area contributed by atoms with Gasteiger partial charge in [-0.15, -0.1) is 0 Å². The molecule has 144 valence electrons. The summed E-state index contributed by atoms with van der Waals surface area (Å²) < 4.78 is 6.58. The van der Waals surface area contributed by atoms with Gasteiger partial charge in [-0.3, -0.25) is 0 Å². The van der Waals surface area contributed by atoms with Gasteiger partial charge in [0, 0.05) is 35.3 Å². The monoisotopic (exact) mass is 378 g/mol. The molecule has 1 spiro atoms. The van der Waals surface area contributed by atoms with Crippen LogP contribution in [0.4, 0.5) is 0 Å². The maximum atomic E-state index is 11.6. The highest BCUT2D eigenvalue weighted by Gasteiger charge is 2.81. The normalized spacial score (nSPS) is 57.3. The number of hydrogen-bond donors (Lipinski definition) is 2. The fourth-order valence-corrected chi connectivity index (χ4v) is 8.37. The largest absolute Gasteiger partial charge is 0.396 e. The molecule has 3 saturated carbocycles. The average molecular weight is 379 g/mol. The van der Waals surface area contributed by atoms with Gasteiger partial charge in [-0.25, -0.2) is 0 Å². The molecule has 1 aliphatic heterocycles. The number of rotatable bonds is 2. The maximum absolute atomic E-state index is 11.6. The van der Waals surface area contributed by atoms with Gasteiger partial charge in [-0.2, -0.15) is 0 Å². The third-order valence-corrected chi connectivity index (χ3v) is 9.73. The highest BCUT2D eigenvalue weighted by Crippen LogP contribution is 2.77. The van der Waals surface area contributed by atoms with Crippen LogP contribution in [0.5, 0.6) is 0 Å². The van der Waals surface area contributed by atoms with Crippen molar-refractivity contribution in [2.45, 2.75) is 76.6 Å². The molecular formula is C22H31ClO3. The molecular weight excluding hydrogens is 348 g/mol. The molecule has 26 heavy (non-hydrogen) atoms. The van der Waals surface area contributed by atoms with E-state index < -0.39 is 5.60 Å². The zero-order valence-electron chi connectivity index (χ0n) is 16.1. The van der Waals surface area contributed by atoms with E-state index in [2.05, 4.69) is 32.9 Å². The van der Waals surface area contributed by atoms with Crippen molar-refractivity contribution >= 4 is 11.6 Å². The minimum absolute atomic E-state index is 0.0490. The van der Waals surface area contributed by atoms with Gasteiger partial charge in [0.2, 0.25) is 0 Å². The Morgan fingerprint density at radius 2 is 2.08 bits per heavy atom. The van der Waals surface area contributed by atoms with Crippen molar-refractivity contribution in [3.63, 3.8) is 0 Å². The van der Waals surface area contributed by atoms with Crippen LogP contribution >= 0.6 is 11.6 Å². The van der Waals surface area contributed by atoms with Gasteiger partial charge >= 0.3 is 0 Å². The number of ether oxygens (including phenoxy) is 1. The molecule has 4 heteroatoms. The van der Waals surface area contributed by atoms with Crippen molar-refractivity contribution < 1.29 is 14.9 Å². The highest BCUT2D eigenvalue weighted by molar-refractivity contribution is 6.30. The molecule has 4 fully saturated rings. The summed E-state index contributed by atoms with van der Waals surface area (Å²) in [6.07, 6.45) is 10.2. The van der Waals surface area contributed by atoms with Crippen molar-refractivity contribution in [2.24, 2.45) is 28.6 Å². The number of aliphatic hydroxyl groups excluding tert-OH is 1. The van der Waals surface area contributed by atoms with Gasteiger partial charge < -0.3 is 14.9 Å². The standard InChI is InChI=1S/C22H31ClO3/c1-13-11-16-14-6-7-15-17(23)5-4-8-19(15,2)22(14)18(26-22)12-20(16,3)21(13,25)9-10-24/h4,8,13-14,16,18,24-25H,5-7,9-12H2,1-3H3/t13-,14-,16-,18?,19-,20-,21+,22-/m0/s1. The molecule has 3 nitrogen and oxygen atoms in total. The Morgan fingerprint density at radius 1 is 1.31 bits per heavy atom. The first-order chi connectivity index (χ1) is 12.2. The molecule has 1 heterocycles. The molecule has 4 aliphatic carbocycles. The fraction of sp³-hybridized carbons (Fsp3) is 0.818. The van der Waals surface area contributed by atoms with Gasteiger partial charge in [0.25, 0.3) is 0 Å². The summed E-state index contributed by atoms with van der Waals surface area (Å²) >= 11 is 6.64. The van der Waals surface area contributed by atoms with Crippen LogP contribution in [0, 0.1) is 28.6 Å². The molecule has 0 aromatic rings. The van der Waals surface area contributed by atoms with E-state index in [4.69, 9.17) is 16.3 Å². The first-order valence-corrected chi connectivity index (χ1v) is 10.7. The van der Waals surface area contributed by atoms with E-state index in [0.717, 1.165) is 37.1 Å². The summed E-state index contributed by atoms with van der Waals surface area (Å²) in [5.41, 5.74) is 0.191. The van der Waals surface area contributed by atoms with E-state index in [1.165, 1.54) is 5.57 Å². The summed E-state index contributed by atoms with van der Waals surface area (Å²) in [5, 5.41) is 22.3. The summed E-state index contributed by atoms with van der Waals surface area (Å²) in [4.78, 5) is 0.